The molecule has 74 valence electrons. The SMILES string of the molecule is NC(=S)C(N=O)c1c(Cl)cccc1Cl. The van der Waals surface area contributed by atoms with E-state index >= 15 is 0 Å². The molecule has 2 N–H and O–H groups in total. The Hall–Kier alpha value is -0.710. The molecule has 0 spiro atoms. The average molecular weight is 249 g/mol. The molecule has 0 aliphatic carbocycles. The predicted octanol–water partition coefficient (Wildman–Crippen LogP) is 3.09. The molecular weight excluding hydrogens is 243 g/mol. The summed E-state index contributed by atoms with van der Waals surface area (Å²) in [6, 6.07) is 3.89. The normalized spacial score (nSPS) is 12.1. The summed E-state index contributed by atoms with van der Waals surface area (Å²) in [6.45, 7) is 0. The largest absolute Gasteiger partial charge is 0.391 e. The van der Waals surface area contributed by atoms with Crippen LogP contribution >= 0.6 is 35.4 Å². The van der Waals surface area contributed by atoms with Gasteiger partial charge in [0.25, 0.3) is 0 Å². The number of nitrogens with zero attached hydrogens (tertiary/aromatic N) is 1. The van der Waals surface area contributed by atoms with Gasteiger partial charge in [0.2, 0.25) is 0 Å². The van der Waals surface area contributed by atoms with Crippen LogP contribution in [0.1, 0.15) is 11.6 Å². The highest BCUT2D eigenvalue weighted by Gasteiger charge is 2.21. The van der Waals surface area contributed by atoms with Crippen LogP contribution in [0.25, 0.3) is 0 Å². The van der Waals surface area contributed by atoms with Crippen LogP contribution in [0, 0.1) is 4.91 Å². The van der Waals surface area contributed by atoms with Gasteiger partial charge in [-0.25, -0.2) is 0 Å². The minimum absolute atomic E-state index is 0.0463. The van der Waals surface area contributed by atoms with Crippen molar-refractivity contribution < 1.29 is 0 Å². The van der Waals surface area contributed by atoms with Crippen molar-refractivity contribution in [3.63, 3.8) is 0 Å². The molecular formula is C8H6Cl2N2OS. The Bertz CT molecular complexity index is 363. The van der Waals surface area contributed by atoms with E-state index in [-0.39, 0.29) is 4.99 Å². The van der Waals surface area contributed by atoms with E-state index < -0.39 is 6.04 Å². The first-order valence-corrected chi connectivity index (χ1v) is 4.80. The van der Waals surface area contributed by atoms with Gasteiger partial charge in [0, 0.05) is 15.6 Å². The molecule has 1 rings (SSSR count). The van der Waals surface area contributed by atoms with Crippen molar-refractivity contribution in [1.29, 1.82) is 0 Å². The topological polar surface area (TPSA) is 55.4 Å². The quantitative estimate of drug-likeness (QED) is 0.661. The van der Waals surface area contributed by atoms with Crippen molar-refractivity contribution in [3.8, 4) is 0 Å². The third-order valence-corrected chi connectivity index (χ3v) is 2.53. The number of hydrogen-bond donors (Lipinski definition) is 1. The lowest BCUT2D eigenvalue weighted by Gasteiger charge is -2.10. The zero-order valence-corrected chi connectivity index (χ0v) is 9.23. The van der Waals surface area contributed by atoms with Gasteiger partial charge >= 0.3 is 0 Å². The second-order valence-electron chi connectivity index (χ2n) is 2.55. The molecule has 0 saturated carbocycles. The number of halogens is 2. The van der Waals surface area contributed by atoms with Crippen LogP contribution in [0.4, 0.5) is 0 Å². The van der Waals surface area contributed by atoms with E-state index in [4.69, 9.17) is 28.9 Å². The summed E-state index contributed by atoms with van der Waals surface area (Å²) in [6.07, 6.45) is 0. The molecule has 1 aromatic rings. The second kappa shape index (κ2) is 4.68. The Morgan fingerprint density at radius 2 is 1.93 bits per heavy atom. The number of hydrogen-bond acceptors (Lipinski definition) is 3. The Morgan fingerprint density at radius 3 is 2.29 bits per heavy atom. The highest BCUT2D eigenvalue weighted by atomic mass is 35.5. The fourth-order valence-corrected chi connectivity index (χ4v) is 1.78. The third kappa shape index (κ3) is 2.20. The summed E-state index contributed by atoms with van der Waals surface area (Å²) >= 11 is 16.4. The van der Waals surface area contributed by atoms with Crippen molar-refractivity contribution >= 4 is 40.4 Å². The van der Waals surface area contributed by atoms with Crippen LogP contribution in [-0.2, 0) is 0 Å². The molecule has 1 atom stereocenters. The van der Waals surface area contributed by atoms with Crippen LogP contribution in [0.5, 0.6) is 0 Å². The van der Waals surface area contributed by atoms with Gasteiger partial charge in [-0.05, 0) is 12.1 Å². The maximum absolute atomic E-state index is 10.5. The van der Waals surface area contributed by atoms with E-state index in [1.165, 1.54) is 0 Å². The maximum Gasteiger partial charge on any atom is 0.169 e. The molecule has 1 unspecified atom stereocenters. The number of nitroso groups, excluding NO2 is 1. The van der Waals surface area contributed by atoms with Crippen LogP contribution in [0.3, 0.4) is 0 Å². The van der Waals surface area contributed by atoms with E-state index in [0.717, 1.165) is 0 Å². The van der Waals surface area contributed by atoms with Crippen molar-refractivity contribution in [2.45, 2.75) is 6.04 Å². The summed E-state index contributed by atoms with van der Waals surface area (Å²) in [7, 11) is 0. The molecule has 0 heterocycles. The molecule has 3 nitrogen and oxygen atoms in total. The van der Waals surface area contributed by atoms with Crippen molar-refractivity contribution in [2.24, 2.45) is 10.9 Å². The third-order valence-electron chi connectivity index (χ3n) is 1.65. The minimum atomic E-state index is -0.966. The Kier molecular flexibility index (Phi) is 3.80. The lowest BCUT2D eigenvalue weighted by Crippen LogP contribution is -2.17. The molecule has 0 aromatic heterocycles. The molecule has 0 fully saturated rings. The van der Waals surface area contributed by atoms with Crippen molar-refractivity contribution in [3.05, 3.63) is 38.7 Å². The van der Waals surface area contributed by atoms with Gasteiger partial charge in [0.05, 0.1) is 0 Å². The molecule has 0 aliphatic rings. The summed E-state index contributed by atoms with van der Waals surface area (Å²) < 4.78 is 0. The van der Waals surface area contributed by atoms with Gasteiger partial charge in [-0.15, -0.1) is 4.91 Å². The van der Waals surface area contributed by atoms with Crippen LogP contribution < -0.4 is 5.73 Å². The van der Waals surface area contributed by atoms with E-state index in [9.17, 15) is 4.91 Å². The van der Waals surface area contributed by atoms with Crippen LogP contribution in [-0.4, -0.2) is 4.99 Å². The van der Waals surface area contributed by atoms with E-state index in [1.807, 2.05) is 0 Å². The summed E-state index contributed by atoms with van der Waals surface area (Å²) in [5.41, 5.74) is 5.70. The standard InChI is InChI=1S/C8H6Cl2N2OS/c9-4-2-1-3-5(10)6(4)7(12-13)8(11)14/h1-3,7H,(H2,11,14). The first-order chi connectivity index (χ1) is 6.57. The highest BCUT2D eigenvalue weighted by Crippen LogP contribution is 2.32. The van der Waals surface area contributed by atoms with Crippen molar-refractivity contribution in [2.75, 3.05) is 0 Å². The minimum Gasteiger partial charge on any atom is -0.391 e. The zero-order valence-electron chi connectivity index (χ0n) is 6.91. The molecule has 14 heavy (non-hydrogen) atoms. The summed E-state index contributed by atoms with van der Waals surface area (Å²) in [5.74, 6) is 0. The zero-order chi connectivity index (χ0) is 10.7. The molecule has 1 aromatic carbocycles. The molecule has 0 saturated heterocycles. The van der Waals surface area contributed by atoms with E-state index in [2.05, 4.69) is 17.4 Å². The second-order valence-corrected chi connectivity index (χ2v) is 3.83. The number of nitrogens with two attached hydrogens (primary N) is 1. The molecule has 0 aliphatic heterocycles. The van der Waals surface area contributed by atoms with Gasteiger partial charge in [0.15, 0.2) is 6.04 Å². The first kappa shape index (κ1) is 11.4. The summed E-state index contributed by atoms with van der Waals surface area (Å²) in [4.78, 5) is 10.5. The summed E-state index contributed by atoms with van der Waals surface area (Å²) in [5, 5.41) is 3.45. The van der Waals surface area contributed by atoms with Gasteiger partial charge in [-0.2, -0.15) is 0 Å². The molecule has 0 radical (unpaired) electrons. The van der Waals surface area contributed by atoms with Crippen molar-refractivity contribution in [1.82, 2.24) is 0 Å². The maximum atomic E-state index is 10.5. The smallest absolute Gasteiger partial charge is 0.169 e. The Balaban J connectivity index is 3.28. The molecule has 6 heteroatoms. The fraction of sp³-hybridized carbons (Fsp3) is 0.125. The molecule has 0 amide bonds. The van der Waals surface area contributed by atoms with Gasteiger partial charge in [-0.3, -0.25) is 0 Å². The average Bonchev–Trinajstić information content (AvgIpc) is 2.10. The van der Waals surface area contributed by atoms with E-state index in [1.54, 1.807) is 18.2 Å². The number of thiocarbonyl (C=S) groups is 1. The fourth-order valence-electron chi connectivity index (χ4n) is 1.02. The predicted molar refractivity (Wildman–Crippen MR) is 61.8 cm³/mol. The van der Waals surface area contributed by atoms with Crippen LogP contribution in [0.2, 0.25) is 10.0 Å². The first-order valence-electron chi connectivity index (χ1n) is 3.63. The highest BCUT2D eigenvalue weighted by molar-refractivity contribution is 7.80. The van der Waals surface area contributed by atoms with Gasteiger partial charge in [-0.1, -0.05) is 46.7 Å². The van der Waals surface area contributed by atoms with Crippen LogP contribution in [0.15, 0.2) is 23.4 Å². The monoisotopic (exact) mass is 248 g/mol. The Labute approximate surface area is 96.2 Å². The lowest BCUT2D eigenvalue weighted by molar-refractivity contribution is 0.956. The van der Waals surface area contributed by atoms with Gasteiger partial charge < -0.3 is 5.73 Å². The Morgan fingerprint density at radius 1 is 1.43 bits per heavy atom. The molecule has 0 bridgehead atoms. The number of benzene rings is 1. The van der Waals surface area contributed by atoms with E-state index in [0.29, 0.717) is 15.6 Å². The van der Waals surface area contributed by atoms with Gasteiger partial charge in [0.1, 0.15) is 4.99 Å². The number of rotatable bonds is 3. The lowest BCUT2D eigenvalue weighted by atomic mass is 10.1.